The second-order valence-corrected chi connectivity index (χ2v) is 9.62. The van der Waals surface area contributed by atoms with Crippen LogP contribution in [0.1, 0.15) is 33.6 Å². The van der Waals surface area contributed by atoms with Crippen LogP contribution in [0.5, 0.6) is 0 Å². The molecule has 0 spiro atoms. The molecule has 0 fully saturated rings. The predicted molar refractivity (Wildman–Crippen MR) is 116 cm³/mol. The van der Waals surface area contributed by atoms with E-state index in [0.29, 0.717) is 6.54 Å². The molecule has 0 aliphatic rings. The third-order valence-electron chi connectivity index (χ3n) is 4.13. The molecule has 0 amide bonds. The molecule has 1 heterocycles. The molecule has 0 unspecified atom stereocenters. The van der Waals surface area contributed by atoms with E-state index in [2.05, 4.69) is 32.3 Å². The molecule has 0 atom stereocenters. The van der Waals surface area contributed by atoms with Crippen LogP contribution in [0.3, 0.4) is 0 Å². The molecule has 0 aliphatic carbocycles. The second-order valence-electron chi connectivity index (χ2n) is 6.40. The van der Waals surface area contributed by atoms with E-state index in [1.807, 2.05) is 38.1 Å². The largest absolute Gasteiger partial charge is 0.357 e. The van der Waals surface area contributed by atoms with Gasteiger partial charge in [0.1, 0.15) is 0 Å². The summed E-state index contributed by atoms with van der Waals surface area (Å²) in [7, 11) is -1.86. The van der Waals surface area contributed by atoms with Crippen LogP contribution in [0.2, 0.25) is 0 Å². The Morgan fingerprint density at radius 3 is 2.61 bits per heavy atom. The van der Waals surface area contributed by atoms with Gasteiger partial charge in [-0.1, -0.05) is 24.3 Å². The minimum Gasteiger partial charge on any atom is -0.357 e. The van der Waals surface area contributed by atoms with Crippen molar-refractivity contribution in [1.82, 2.24) is 20.3 Å². The summed E-state index contributed by atoms with van der Waals surface area (Å²) >= 11 is 1.73. The van der Waals surface area contributed by atoms with Gasteiger partial charge in [-0.3, -0.25) is 0 Å². The molecule has 2 rings (SSSR count). The molecule has 28 heavy (non-hydrogen) atoms. The molecular weight excluding hydrogens is 394 g/mol. The predicted octanol–water partition coefficient (Wildman–Crippen LogP) is 2.11. The highest BCUT2D eigenvalue weighted by molar-refractivity contribution is 7.88. The van der Waals surface area contributed by atoms with Crippen molar-refractivity contribution < 1.29 is 8.42 Å². The van der Waals surface area contributed by atoms with Crippen LogP contribution < -0.4 is 15.4 Å². The average molecular weight is 424 g/mol. The Hall–Kier alpha value is -1.97. The lowest BCUT2D eigenvalue weighted by molar-refractivity contribution is 0.587. The van der Waals surface area contributed by atoms with E-state index >= 15 is 0 Å². The molecule has 0 radical (unpaired) electrons. The van der Waals surface area contributed by atoms with Crippen molar-refractivity contribution in [3.05, 3.63) is 51.0 Å². The first-order valence-electron chi connectivity index (χ1n) is 9.27. The van der Waals surface area contributed by atoms with Crippen LogP contribution in [0.4, 0.5) is 0 Å². The molecule has 1 aromatic heterocycles. The SMILES string of the molecule is CCNC(=NCc1cccc(CS(=O)(=O)NC)c1)NCCc1nc(C)c(C)s1. The summed E-state index contributed by atoms with van der Waals surface area (Å²) in [4.78, 5) is 10.4. The lowest BCUT2D eigenvalue weighted by Gasteiger charge is -2.11. The number of aromatic nitrogens is 1. The van der Waals surface area contributed by atoms with Gasteiger partial charge in [-0.15, -0.1) is 11.3 Å². The smallest absolute Gasteiger partial charge is 0.215 e. The molecular formula is C19H29N5O2S2. The molecule has 3 N–H and O–H groups in total. The standard InChI is InChI=1S/C19H29N5O2S2/c1-5-21-19(22-10-9-18-24-14(2)15(3)27-18)23-12-16-7-6-8-17(11-16)13-28(25,26)20-4/h6-8,11,20H,5,9-10,12-13H2,1-4H3,(H2,21,22,23). The van der Waals surface area contributed by atoms with E-state index in [4.69, 9.17) is 0 Å². The number of nitrogens with one attached hydrogen (secondary N) is 3. The number of thiazole rings is 1. The number of hydrogen-bond acceptors (Lipinski definition) is 5. The molecule has 0 bridgehead atoms. The van der Waals surface area contributed by atoms with E-state index in [1.165, 1.54) is 11.9 Å². The molecule has 0 aliphatic heterocycles. The maximum Gasteiger partial charge on any atom is 0.215 e. The van der Waals surface area contributed by atoms with Crippen LogP contribution in [-0.2, 0) is 28.7 Å². The van der Waals surface area contributed by atoms with Gasteiger partial charge in [0.05, 0.1) is 23.0 Å². The van der Waals surface area contributed by atoms with Gasteiger partial charge in [0.25, 0.3) is 0 Å². The molecule has 2 aromatic rings. The van der Waals surface area contributed by atoms with Gasteiger partial charge in [-0.05, 0) is 38.9 Å². The number of hydrogen-bond donors (Lipinski definition) is 3. The number of sulfonamides is 1. The van der Waals surface area contributed by atoms with Crippen molar-refractivity contribution in [3.63, 3.8) is 0 Å². The summed E-state index contributed by atoms with van der Waals surface area (Å²) in [6.45, 7) is 8.13. The van der Waals surface area contributed by atoms with E-state index in [0.717, 1.165) is 47.3 Å². The third-order valence-corrected chi connectivity index (χ3v) is 6.60. The van der Waals surface area contributed by atoms with Gasteiger partial charge in [0.15, 0.2) is 5.96 Å². The number of guanidine groups is 1. The molecule has 154 valence electrons. The van der Waals surface area contributed by atoms with Crippen molar-refractivity contribution in [2.75, 3.05) is 20.1 Å². The highest BCUT2D eigenvalue weighted by Crippen LogP contribution is 2.16. The molecule has 7 nitrogen and oxygen atoms in total. The van der Waals surface area contributed by atoms with Crippen LogP contribution in [0, 0.1) is 13.8 Å². The van der Waals surface area contributed by atoms with Crippen molar-refractivity contribution >= 4 is 27.3 Å². The Balaban J connectivity index is 1.96. The number of nitrogens with zero attached hydrogens (tertiary/aromatic N) is 2. The van der Waals surface area contributed by atoms with Crippen molar-refractivity contribution in [2.45, 2.75) is 39.5 Å². The van der Waals surface area contributed by atoms with Gasteiger partial charge in [0, 0.05) is 24.4 Å². The highest BCUT2D eigenvalue weighted by Gasteiger charge is 2.09. The summed E-state index contributed by atoms with van der Waals surface area (Å²) in [5.41, 5.74) is 2.81. The fourth-order valence-electron chi connectivity index (χ4n) is 2.56. The maximum atomic E-state index is 11.7. The zero-order valence-electron chi connectivity index (χ0n) is 16.9. The summed E-state index contributed by atoms with van der Waals surface area (Å²) in [6, 6.07) is 7.50. The summed E-state index contributed by atoms with van der Waals surface area (Å²) < 4.78 is 25.8. The van der Waals surface area contributed by atoms with Crippen molar-refractivity contribution in [1.29, 1.82) is 0 Å². The van der Waals surface area contributed by atoms with Gasteiger partial charge < -0.3 is 10.6 Å². The first-order valence-corrected chi connectivity index (χ1v) is 11.7. The Morgan fingerprint density at radius 2 is 1.96 bits per heavy atom. The van der Waals surface area contributed by atoms with Gasteiger partial charge >= 0.3 is 0 Å². The number of rotatable bonds is 9. The Morgan fingerprint density at radius 1 is 1.21 bits per heavy atom. The van der Waals surface area contributed by atoms with Gasteiger partial charge in [0.2, 0.25) is 10.0 Å². The normalized spacial score (nSPS) is 12.2. The fourth-order valence-corrected chi connectivity index (χ4v) is 4.25. The van der Waals surface area contributed by atoms with Gasteiger partial charge in [-0.2, -0.15) is 0 Å². The van der Waals surface area contributed by atoms with Crippen LogP contribution in [0.25, 0.3) is 0 Å². The van der Waals surface area contributed by atoms with Gasteiger partial charge in [-0.25, -0.2) is 23.1 Å². The molecule has 1 aromatic carbocycles. The van der Waals surface area contributed by atoms with E-state index in [1.54, 1.807) is 11.3 Å². The van der Waals surface area contributed by atoms with Crippen LogP contribution in [-0.4, -0.2) is 39.5 Å². The van der Waals surface area contributed by atoms with Crippen LogP contribution in [0.15, 0.2) is 29.3 Å². The third kappa shape index (κ3) is 7.21. The first-order chi connectivity index (χ1) is 13.3. The van der Waals surface area contributed by atoms with Crippen molar-refractivity contribution in [2.24, 2.45) is 4.99 Å². The average Bonchev–Trinajstić information content (AvgIpc) is 2.97. The first kappa shape index (κ1) is 22.3. The Labute approximate surface area is 171 Å². The van der Waals surface area contributed by atoms with E-state index in [9.17, 15) is 8.42 Å². The molecule has 0 saturated carbocycles. The van der Waals surface area contributed by atoms with Crippen molar-refractivity contribution in [3.8, 4) is 0 Å². The second kappa shape index (κ2) is 10.5. The number of aryl methyl sites for hydroxylation is 2. The highest BCUT2D eigenvalue weighted by atomic mass is 32.2. The Kier molecular flexibility index (Phi) is 8.40. The number of aliphatic imine (C=N–C) groups is 1. The minimum absolute atomic E-state index is 0.0357. The van der Waals surface area contributed by atoms with Crippen LogP contribution >= 0.6 is 11.3 Å². The van der Waals surface area contributed by atoms with E-state index in [-0.39, 0.29) is 5.75 Å². The lowest BCUT2D eigenvalue weighted by atomic mass is 10.1. The molecule has 0 saturated heterocycles. The quantitative estimate of drug-likeness (QED) is 0.424. The maximum absolute atomic E-state index is 11.7. The fraction of sp³-hybridized carbons (Fsp3) is 0.474. The zero-order valence-corrected chi connectivity index (χ0v) is 18.5. The molecule has 9 heteroatoms. The monoisotopic (exact) mass is 423 g/mol. The van der Waals surface area contributed by atoms with E-state index < -0.39 is 10.0 Å². The zero-order chi connectivity index (χ0) is 20.6. The minimum atomic E-state index is -3.28. The number of benzene rings is 1. The summed E-state index contributed by atoms with van der Waals surface area (Å²) in [5.74, 6) is 0.701. The summed E-state index contributed by atoms with van der Waals surface area (Å²) in [5, 5.41) is 7.69. The topological polar surface area (TPSA) is 95.5 Å². The summed E-state index contributed by atoms with van der Waals surface area (Å²) in [6.07, 6.45) is 0.848. The Bertz CT molecular complexity index is 887. The lowest BCUT2D eigenvalue weighted by Crippen LogP contribution is -2.38.